The molecule has 2 rings (SSSR count). The Morgan fingerprint density at radius 2 is 1.84 bits per heavy atom. The minimum atomic E-state index is -0.480. The van der Waals surface area contributed by atoms with Crippen LogP contribution in [0.15, 0.2) is 24.3 Å². The SMILES string of the molecule is CNC(Cc1c(F)cccc1F)c1sc(C)cc1C. The zero-order valence-corrected chi connectivity index (χ0v) is 12.1. The van der Waals surface area contributed by atoms with Gasteiger partial charge in [0.25, 0.3) is 0 Å². The molecule has 0 fully saturated rings. The Hall–Kier alpha value is -1.26. The molecular weight excluding hydrogens is 264 g/mol. The van der Waals surface area contributed by atoms with Gasteiger partial charge in [-0.1, -0.05) is 6.07 Å². The highest BCUT2D eigenvalue weighted by atomic mass is 32.1. The van der Waals surface area contributed by atoms with Crippen LogP contribution in [-0.2, 0) is 6.42 Å². The number of aryl methyl sites for hydroxylation is 2. The number of thiophene rings is 1. The Bertz CT molecular complexity index is 557. The fourth-order valence-electron chi connectivity index (χ4n) is 2.26. The molecule has 0 aliphatic carbocycles. The van der Waals surface area contributed by atoms with Crippen molar-refractivity contribution in [2.75, 3.05) is 7.05 Å². The minimum Gasteiger partial charge on any atom is -0.312 e. The lowest BCUT2D eigenvalue weighted by atomic mass is 10.0. The van der Waals surface area contributed by atoms with E-state index in [2.05, 4.69) is 11.4 Å². The zero-order valence-electron chi connectivity index (χ0n) is 11.3. The van der Waals surface area contributed by atoms with Crippen molar-refractivity contribution >= 4 is 11.3 Å². The highest BCUT2D eigenvalue weighted by molar-refractivity contribution is 7.12. The predicted octanol–water partition coefficient (Wildman–Crippen LogP) is 4.15. The van der Waals surface area contributed by atoms with Crippen molar-refractivity contribution in [1.82, 2.24) is 5.32 Å². The lowest BCUT2D eigenvalue weighted by molar-refractivity contribution is 0.518. The molecule has 1 unspecified atom stereocenters. The van der Waals surface area contributed by atoms with Crippen LogP contribution in [0.5, 0.6) is 0 Å². The average molecular weight is 281 g/mol. The summed E-state index contributed by atoms with van der Waals surface area (Å²) in [6.07, 6.45) is 0.315. The quantitative estimate of drug-likeness (QED) is 0.888. The molecule has 1 aromatic carbocycles. The molecule has 1 heterocycles. The Balaban J connectivity index is 2.32. The monoisotopic (exact) mass is 281 g/mol. The standard InChI is InChI=1S/C15H17F2NS/c1-9-7-10(2)19-15(9)14(18-3)8-11-12(16)5-4-6-13(11)17/h4-7,14,18H,8H2,1-3H3. The van der Waals surface area contributed by atoms with Gasteiger partial charge < -0.3 is 5.32 Å². The Labute approximate surface area is 116 Å². The van der Waals surface area contributed by atoms with Gasteiger partial charge in [0.1, 0.15) is 11.6 Å². The molecule has 19 heavy (non-hydrogen) atoms. The molecule has 0 bridgehead atoms. The summed E-state index contributed by atoms with van der Waals surface area (Å²) in [5.74, 6) is -0.961. The van der Waals surface area contributed by atoms with E-state index in [0.29, 0.717) is 6.42 Å². The number of halogens is 2. The normalized spacial score (nSPS) is 12.7. The van der Waals surface area contributed by atoms with Gasteiger partial charge >= 0.3 is 0 Å². The first-order chi connectivity index (χ1) is 9.02. The smallest absolute Gasteiger partial charge is 0.129 e. The molecule has 1 atom stereocenters. The van der Waals surface area contributed by atoms with Crippen molar-refractivity contribution in [2.45, 2.75) is 26.3 Å². The third-order valence-corrected chi connectivity index (χ3v) is 4.48. The molecule has 0 radical (unpaired) electrons. The largest absolute Gasteiger partial charge is 0.312 e. The minimum absolute atomic E-state index is 0.0647. The first kappa shape index (κ1) is 14.2. The third-order valence-electron chi connectivity index (χ3n) is 3.21. The summed E-state index contributed by atoms with van der Waals surface area (Å²) >= 11 is 1.67. The molecule has 1 nitrogen and oxygen atoms in total. The average Bonchev–Trinajstić information content (AvgIpc) is 2.68. The number of nitrogens with one attached hydrogen (secondary N) is 1. The molecule has 0 amide bonds. The van der Waals surface area contributed by atoms with Crippen LogP contribution in [-0.4, -0.2) is 7.05 Å². The number of benzene rings is 1. The number of likely N-dealkylation sites (N-methyl/N-ethyl adjacent to an activating group) is 1. The number of hydrogen-bond donors (Lipinski definition) is 1. The molecule has 2 aromatic rings. The Kier molecular flexibility index (Phi) is 4.32. The molecule has 0 aliphatic heterocycles. The maximum absolute atomic E-state index is 13.7. The van der Waals surface area contributed by atoms with Crippen LogP contribution in [0.1, 0.15) is 26.9 Å². The predicted molar refractivity (Wildman–Crippen MR) is 75.7 cm³/mol. The summed E-state index contributed by atoms with van der Waals surface area (Å²) in [6, 6.07) is 6.03. The summed E-state index contributed by atoms with van der Waals surface area (Å²) in [6.45, 7) is 4.07. The molecule has 1 N–H and O–H groups in total. The van der Waals surface area contributed by atoms with Gasteiger partial charge in [-0.25, -0.2) is 8.78 Å². The van der Waals surface area contributed by atoms with E-state index in [1.54, 1.807) is 11.3 Å². The van der Waals surface area contributed by atoms with Crippen molar-refractivity contribution in [3.8, 4) is 0 Å². The summed E-state index contributed by atoms with van der Waals surface area (Å²) in [5.41, 5.74) is 1.31. The van der Waals surface area contributed by atoms with E-state index in [9.17, 15) is 8.78 Å². The first-order valence-electron chi connectivity index (χ1n) is 6.20. The highest BCUT2D eigenvalue weighted by Gasteiger charge is 2.19. The van der Waals surface area contributed by atoms with Crippen LogP contribution in [0.25, 0.3) is 0 Å². The Morgan fingerprint density at radius 3 is 2.32 bits per heavy atom. The number of hydrogen-bond acceptors (Lipinski definition) is 2. The molecule has 0 aliphatic rings. The maximum atomic E-state index is 13.7. The van der Waals surface area contributed by atoms with E-state index in [1.165, 1.54) is 28.6 Å². The summed E-state index contributed by atoms with van der Waals surface area (Å²) in [4.78, 5) is 2.35. The van der Waals surface area contributed by atoms with E-state index in [0.717, 1.165) is 4.88 Å². The van der Waals surface area contributed by atoms with E-state index >= 15 is 0 Å². The molecule has 0 saturated heterocycles. The molecule has 102 valence electrons. The van der Waals surface area contributed by atoms with Crippen LogP contribution < -0.4 is 5.32 Å². The van der Waals surface area contributed by atoms with E-state index in [1.807, 2.05) is 20.9 Å². The molecule has 1 aromatic heterocycles. The van der Waals surface area contributed by atoms with Gasteiger partial charge in [0.15, 0.2) is 0 Å². The third kappa shape index (κ3) is 3.01. The van der Waals surface area contributed by atoms with Gasteiger partial charge in [-0.15, -0.1) is 11.3 Å². The summed E-state index contributed by atoms with van der Waals surface area (Å²) in [7, 11) is 1.82. The lowest BCUT2D eigenvalue weighted by Gasteiger charge is -2.17. The molecular formula is C15H17F2NS. The van der Waals surface area contributed by atoms with Gasteiger partial charge in [0.2, 0.25) is 0 Å². The highest BCUT2D eigenvalue weighted by Crippen LogP contribution is 2.30. The second-order valence-corrected chi connectivity index (χ2v) is 5.94. The van der Waals surface area contributed by atoms with Gasteiger partial charge in [-0.3, -0.25) is 0 Å². The van der Waals surface area contributed by atoms with E-state index in [4.69, 9.17) is 0 Å². The summed E-state index contributed by atoms with van der Waals surface area (Å²) in [5, 5.41) is 3.15. The van der Waals surface area contributed by atoms with Crippen LogP contribution in [0.3, 0.4) is 0 Å². The van der Waals surface area contributed by atoms with Gasteiger partial charge in [-0.05, 0) is 51.1 Å². The molecule has 0 saturated carbocycles. The van der Waals surface area contributed by atoms with Gasteiger partial charge in [0.05, 0.1) is 0 Å². The van der Waals surface area contributed by atoms with Crippen molar-refractivity contribution in [3.05, 3.63) is 56.8 Å². The van der Waals surface area contributed by atoms with Crippen molar-refractivity contribution in [3.63, 3.8) is 0 Å². The van der Waals surface area contributed by atoms with Crippen LogP contribution in [0.2, 0.25) is 0 Å². The molecule has 4 heteroatoms. The second kappa shape index (κ2) is 5.80. The van der Waals surface area contributed by atoms with Gasteiger partial charge in [0, 0.05) is 21.4 Å². The lowest BCUT2D eigenvalue weighted by Crippen LogP contribution is -2.19. The fraction of sp³-hybridized carbons (Fsp3) is 0.333. The Morgan fingerprint density at radius 1 is 1.21 bits per heavy atom. The van der Waals surface area contributed by atoms with Crippen molar-refractivity contribution in [2.24, 2.45) is 0 Å². The van der Waals surface area contributed by atoms with Crippen LogP contribution in [0, 0.1) is 25.5 Å². The maximum Gasteiger partial charge on any atom is 0.129 e. The second-order valence-electron chi connectivity index (χ2n) is 4.65. The summed E-state index contributed by atoms with van der Waals surface area (Å²) < 4.78 is 27.4. The topological polar surface area (TPSA) is 12.0 Å². The van der Waals surface area contributed by atoms with E-state index in [-0.39, 0.29) is 11.6 Å². The van der Waals surface area contributed by atoms with Crippen LogP contribution in [0.4, 0.5) is 8.78 Å². The molecule has 0 spiro atoms. The zero-order chi connectivity index (χ0) is 14.0. The van der Waals surface area contributed by atoms with Crippen molar-refractivity contribution < 1.29 is 8.78 Å². The van der Waals surface area contributed by atoms with Crippen molar-refractivity contribution in [1.29, 1.82) is 0 Å². The van der Waals surface area contributed by atoms with E-state index < -0.39 is 11.6 Å². The first-order valence-corrected chi connectivity index (χ1v) is 7.01. The number of rotatable bonds is 4. The van der Waals surface area contributed by atoms with Crippen LogP contribution >= 0.6 is 11.3 Å². The van der Waals surface area contributed by atoms with Gasteiger partial charge in [-0.2, -0.15) is 0 Å². The fourth-order valence-corrected chi connectivity index (χ4v) is 3.41.